The number of hydrogen-bond donors (Lipinski definition) is 2. The van der Waals surface area contributed by atoms with Gasteiger partial charge in [-0.15, -0.1) is 0 Å². The molecule has 1 saturated carbocycles. The van der Waals surface area contributed by atoms with Crippen LogP contribution in [0.1, 0.15) is 37.8 Å². The maximum atomic E-state index is 12.2. The number of hydrogen-bond acceptors (Lipinski definition) is 2. The summed E-state index contributed by atoms with van der Waals surface area (Å²) < 4.78 is 0. The van der Waals surface area contributed by atoms with E-state index in [4.69, 9.17) is 28.9 Å². The van der Waals surface area contributed by atoms with Crippen molar-refractivity contribution in [1.82, 2.24) is 5.32 Å². The molecule has 3 atom stereocenters. The third kappa shape index (κ3) is 3.41. The Morgan fingerprint density at radius 2 is 2.16 bits per heavy atom. The molecule has 3 nitrogen and oxygen atoms in total. The highest BCUT2D eigenvalue weighted by Crippen LogP contribution is 2.28. The fourth-order valence-corrected chi connectivity index (χ4v) is 3.14. The number of nitrogens with one attached hydrogen (secondary N) is 1. The van der Waals surface area contributed by atoms with Crippen LogP contribution in [-0.2, 0) is 4.79 Å². The highest BCUT2D eigenvalue weighted by molar-refractivity contribution is 6.35. The third-order valence-corrected chi connectivity index (χ3v) is 4.26. The number of halogens is 2. The smallest absolute Gasteiger partial charge is 0.225 e. The quantitative estimate of drug-likeness (QED) is 0.900. The highest BCUT2D eigenvalue weighted by atomic mass is 35.5. The molecule has 0 saturated heterocycles. The number of carbonyl (C=O) groups is 1. The van der Waals surface area contributed by atoms with Crippen LogP contribution >= 0.6 is 23.2 Å². The molecule has 1 aromatic rings. The second kappa shape index (κ2) is 6.12. The molecule has 1 amide bonds. The van der Waals surface area contributed by atoms with Gasteiger partial charge in [-0.05, 0) is 37.5 Å². The number of carbonyl (C=O) groups excluding carboxylic acids is 1. The van der Waals surface area contributed by atoms with E-state index in [0.717, 1.165) is 24.8 Å². The molecule has 0 heterocycles. The van der Waals surface area contributed by atoms with E-state index in [2.05, 4.69) is 5.32 Å². The zero-order chi connectivity index (χ0) is 14.0. The summed E-state index contributed by atoms with van der Waals surface area (Å²) in [6.07, 6.45) is 2.82. The van der Waals surface area contributed by atoms with Crippen LogP contribution in [0.15, 0.2) is 18.2 Å². The summed E-state index contributed by atoms with van der Waals surface area (Å²) in [6, 6.07) is 5.12. The zero-order valence-electron chi connectivity index (χ0n) is 10.8. The molecule has 19 heavy (non-hydrogen) atoms. The van der Waals surface area contributed by atoms with E-state index < -0.39 is 0 Å². The standard InChI is InChI=1S/C14H18Cl2N2O/c1-8(10-6-5-9(15)7-12(10)16)18-14(19)11-3-2-4-13(11)17/h5-8,11,13H,2-4,17H2,1H3,(H,18,19). The van der Waals surface area contributed by atoms with Crippen LogP contribution in [-0.4, -0.2) is 11.9 Å². The van der Waals surface area contributed by atoms with Crippen molar-refractivity contribution in [2.24, 2.45) is 11.7 Å². The molecule has 5 heteroatoms. The van der Waals surface area contributed by atoms with Crippen LogP contribution in [0.25, 0.3) is 0 Å². The van der Waals surface area contributed by atoms with Crippen molar-refractivity contribution in [3.05, 3.63) is 33.8 Å². The van der Waals surface area contributed by atoms with E-state index in [0.29, 0.717) is 10.0 Å². The van der Waals surface area contributed by atoms with Crippen LogP contribution in [0.2, 0.25) is 10.0 Å². The van der Waals surface area contributed by atoms with E-state index in [-0.39, 0.29) is 23.9 Å². The molecule has 3 N–H and O–H groups in total. The number of amides is 1. The predicted molar refractivity (Wildman–Crippen MR) is 78.3 cm³/mol. The predicted octanol–water partition coefficient (Wildman–Crippen LogP) is 3.30. The molecular weight excluding hydrogens is 283 g/mol. The molecule has 1 aliphatic rings. The van der Waals surface area contributed by atoms with Gasteiger partial charge in [-0.2, -0.15) is 0 Å². The summed E-state index contributed by atoms with van der Waals surface area (Å²) >= 11 is 12.0. The Morgan fingerprint density at radius 3 is 2.74 bits per heavy atom. The second-order valence-corrected chi connectivity index (χ2v) is 5.94. The second-order valence-electron chi connectivity index (χ2n) is 5.10. The first-order valence-electron chi connectivity index (χ1n) is 6.50. The van der Waals surface area contributed by atoms with Gasteiger partial charge in [0, 0.05) is 16.1 Å². The van der Waals surface area contributed by atoms with Crippen LogP contribution in [0.3, 0.4) is 0 Å². The first-order valence-corrected chi connectivity index (χ1v) is 7.25. The Bertz CT molecular complexity index is 479. The van der Waals surface area contributed by atoms with Gasteiger partial charge in [0.2, 0.25) is 5.91 Å². The first-order chi connectivity index (χ1) is 8.99. The maximum absolute atomic E-state index is 12.2. The molecule has 1 aromatic carbocycles. The normalized spacial score (nSPS) is 24.2. The Kier molecular flexibility index (Phi) is 4.71. The Labute approximate surface area is 123 Å². The average Bonchev–Trinajstić information content (AvgIpc) is 2.75. The van der Waals surface area contributed by atoms with Crippen LogP contribution in [0.5, 0.6) is 0 Å². The van der Waals surface area contributed by atoms with Gasteiger partial charge in [-0.25, -0.2) is 0 Å². The summed E-state index contributed by atoms with van der Waals surface area (Å²) in [5.74, 6) is -0.0583. The van der Waals surface area contributed by atoms with Gasteiger partial charge in [0.1, 0.15) is 0 Å². The topological polar surface area (TPSA) is 55.1 Å². The van der Waals surface area contributed by atoms with Crippen LogP contribution < -0.4 is 11.1 Å². The molecule has 104 valence electrons. The Balaban J connectivity index is 2.04. The van der Waals surface area contributed by atoms with Crippen molar-refractivity contribution in [2.45, 2.75) is 38.3 Å². The largest absolute Gasteiger partial charge is 0.349 e. The SMILES string of the molecule is CC(NC(=O)C1CCCC1N)c1ccc(Cl)cc1Cl. The van der Waals surface area contributed by atoms with Crippen molar-refractivity contribution in [1.29, 1.82) is 0 Å². The summed E-state index contributed by atoms with van der Waals surface area (Å²) in [4.78, 5) is 12.2. The molecule has 0 aromatic heterocycles. The van der Waals surface area contributed by atoms with E-state index in [1.54, 1.807) is 12.1 Å². The lowest BCUT2D eigenvalue weighted by atomic mass is 10.0. The van der Waals surface area contributed by atoms with Crippen molar-refractivity contribution in [3.8, 4) is 0 Å². The lowest BCUT2D eigenvalue weighted by Gasteiger charge is -2.20. The van der Waals surface area contributed by atoms with Crippen LogP contribution in [0, 0.1) is 5.92 Å². The van der Waals surface area contributed by atoms with Gasteiger partial charge in [-0.1, -0.05) is 35.7 Å². The first kappa shape index (κ1) is 14.6. The monoisotopic (exact) mass is 300 g/mol. The molecule has 1 aliphatic carbocycles. The maximum Gasteiger partial charge on any atom is 0.225 e. The lowest BCUT2D eigenvalue weighted by Crippen LogP contribution is -2.39. The fourth-order valence-electron chi connectivity index (χ4n) is 2.57. The van der Waals surface area contributed by atoms with Gasteiger partial charge in [0.25, 0.3) is 0 Å². The van der Waals surface area contributed by atoms with E-state index >= 15 is 0 Å². The van der Waals surface area contributed by atoms with Crippen LogP contribution in [0.4, 0.5) is 0 Å². The minimum atomic E-state index is -0.148. The molecule has 0 aliphatic heterocycles. The van der Waals surface area contributed by atoms with Gasteiger partial charge < -0.3 is 11.1 Å². The minimum Gasteiger partial charge on any atom is -0.349 e. The number of nitrogens with two attached hydrogens (primary N) is 1. The lowest BCUT2D eigenvalue weighted by molar-refractivity contribution is -0.125. The molecule has 1 fully saturated rings. The average molecular weight is 301 g/mol. The molecule has 0 bridgehead atoms. The van der Waals surface area contributed by atoms with Crippen molar-refractivity contribution >= 4 is 29.1 Å². The van der Waals surface area contributed by atoms with Crippen molar-refractivity contribution in [2.75, 3.05) is 0 Å². The van der Waals surface area contributed by atoms with Crippen molar-refractivity contribution in [3.63, 3.8) is 0 Å². The zero-order valence-corrected chi connectivity index (χ0v) is 12.3. The summed E-state index contributed by atoms with van der Waals surface area (Å²) in [7, 11) is 0. The fraction of sp³-hybridized carbons (Fsp3) is 0.500. The highest BCUT2D eigenvalue weighted by Gasteiger charge is 2.31. The molecule has 0 spiro atoms. The number of rotatable bonds is 3. The molecule has 0 radical (unpaired) electrons. The van der Waals surface area contributed by atoms with E-state index in [9.17, 15) is 4.79 Å². The molecular formula is C14H18Cl2N2O. The summed E-state index contributed by atoms with van der Waals surface area (Å²) in [5, 5.41) is 4.14. The van der Waals surface area contributed by atoms with Gasteiger partial charge in [-0.3, -0.25) is 4.79 Å². The van der Waals surface area contributed by atoms with E-state index in [1.807, 2.05) is 13.0 Å². The number of benzene rings is 1. The van der Waals surface area contributed by atoms with Gasteiger partial charge in [0.05, 0.1) is 12.0 Å². The Hall–Kier alpha value is -0.770. The van der Waals surface area contributed by atoms with E-state index in [1.165, 1.54) is 0 Å². The van der Waals surface area contributed by atoms with Gasteiger partial charge >= 0.3 is 0 Å². The summed E-state index contributed by atoms with van der Waals surface area (Å²) in [5.41, 5.74) is 6.81. The van der Waals surface area contributed by atoms with Gasteiger partial charge in [0.15, 0.2) is 0 Å². The Morgan fingerprint density at radius 1 is 1.42 bits per heavy atom. The third-order valence-electron chi connectivity index (χ3n) is 3.69. The minimum absolute atomic E-state index is 0.0171. The summed E-state index contributed by atoms with van der Waals surface area (Å²) in [6.45, 7) is 1.91. The van der Waals surface area contributed by atoms with Crippen molar-refractivity contribution < 1.29 is 4.79 Å². The molecule has 3 unspecified atom stereocenters. The molecule has 2 rings (SSSR count).